The zero-order valence-corrected chi connectivity index (χ0v) is 9.92. The van der Waals surface area contributed by atoms with Gasteiger partial charge in [0.15, 0.2) is 0 Å². The Kier molecular flexibility index (Phi) is 4.32. The molecule has 1 aromatic carbocycles. The van der Waals surface area contributed by atoms with Gasteiger partial charge in [-0.2, -0.15) is 0 Å². The molecule has 0 saturated heterocycles. The number of benzene rings is 1. The van der Waals surface area contributed by atoms with E-state index in [9.17, 15) is 4.79 Å². The molecule has 80 valence electrons. The SMILES string of the molecule is NC(=O)CC(=S)Nc1cccc(Cl)c1Cl. The molecule has 0 aromatic heterocycles. The van der Waals surface area contributed by atoms with E-state index in [-0.39, 0.29) is 6.42 Å². The second-order valence-corrected chi connectivity index (χ2v) is 4.07. The minimum atomic E-state index is -0.495. The molecule has 6 heteroatoms. The molecular weight excluding hydrogens is 255 g/mol. The molecule has 3 N–H and O–H groups in total. The predicted molar refractivity (Wildman–Crippen MR) is 66.5 cm³/mol. The first kappa shape index (κ1) is 12.2. The lowest BCUT2D eigenvalue weighted by atomic mass is 10.3. The van der Waals surface area contributed by atoms with Crippen LogP contribution in [0.1, 0.15) is 6.42 Å². The number of halogens is 2. The molecule has 0 bridgehead atoms. The quantitative estimate of drug-likeness (QED) is 0.824. The molecular formula is C9H8Cl2N2OS. The molecule has 1 aromatic rings. The van der Waals surface area contributed by atoms with Crippen LogP contribution in [-0.4, -0.2) is 10.9 Å². The number of hydrogen-bond donors (Lipinski definition) is 2. The summed E-state index contributed by atoms with van der Waals surface area (Å²) in [5, 5.41) is 3.58. The molecule has 0 atom stereocenters. The van der Waals surface area contributed by atoms with Crippen molar-refractivity contribution >= 4 is 52.0 Å². The average molecular weight is 263 g/mol. The molecule has 0 unspecified atom stereocenters. The zero-order valence-electron chi connectivity index (χ0n) is 7.59. The van der Waals surface area contributed by atoms with Crippen molar-refractivity contribution in [3.8, 4) is 0 Å². The van der Waals surface area contributed by atoms with Gasteiger partial charge in [-0.1, -0.05) is 41.5 Å². The van der Waals surface area contributed by atoms with Crippen molar-refractivity contribution in [2.75, 3.05) is 5.32 Å². The lowest BCUT2D eigenvalue weighted by molar-refractivity contribution is -0.116. The van der Waals surface area contributed by atoms with Crippen molar-refractivity contribution in [1.82, 2.24) is 0 Å². The highest BCUT2D eigenvalue weighted by Gasteiger charge is 2.07. The number of nitrogens with one attached hydrogen (secondary N) is 1. The van der Waals surface area contributed by atoms with Crippen LogP contribution in [0.5, 0.6) is 0 Å². The Labute approximate surface area is 103 Å². The molecule has 0 aliphatic rings. The summed E-state index contributed by atoms with van der Waals surface area (Å²) in [5.41, 5.74) is 5.55. The normalized spacial score (nSPS) is 9.73. The van der Waals surface area contributed by atoms with Crippen LogP contribution in [0.15, 0.2) is 18.2 Å². The van der Waals surface area contributed by atoms with E-state index in [1.807, 2.05) is 0 Å². The van der Waals surface area contributed by atoms with Gasteiger partial charge in [0.25, 0.3) is 0 Å². The summed E-state index contributed by atoms with van der Waals surface area (Å²) in [5.74, 6) is -0.495. The highest BCUT2D eigenvalue weighted by molar-refractivity contribution is 7.80. The number of nitrogens with two attached hydrogens (primary N) is 1. The maximum Gasteiger partial charge on any atom is 0.224 e. The molecule has 0 heterocycles. The average Bonchev–Trinajstić information content (AvgIpc) is 2.11. The lowest BCUT2D eigenvalue weighted by Gasteiger charge is -2.08. The lowest BCUT2D eigenvalue weighted by Crippen LogP contribution is -2.20. The van der Waals surface area contributed by atoms with Crippen molar-refractivity contribution in [2.45, 2.75) is 6.42 Å². The smallest absolute Gasteiger partial charge is 0.224 e. The fraction of sp³-hybridized carbons (Fsp3) is 0.111. The number of hydrogen-bond acceptors (Lipinski definition) is 2. The predicted octanol–water partition coefficient (Wildman–Crippen LogP) is 2.61. The third-order valence-corrected chi connectivity index (χ3v) is 2.63. The van der Waals surface area contributed by atoms with Crippen LogP contribution < -0.4 is 11.1 Å². The summed E-state index contributed by atoms with van der Waals surface area (Å²) in [6.07, 6.45) is -0.0157. The van der Waals surface area contributed by atoms with Crippen LogP contribution in [0.4, 0.5) is 5.69 Å². The molecule has 0 aliphatic heterocycles. The van der Waals surface area contributed by atoms with E-state index < -0.39 is 5.91 Å². The van der Waals surface area contributed by atoms with Gasteiger partial charge in [-0.3, -0.25) is 4.79 Å². The van der Waals surface area contributed by atoms with Crippen LogP contribution in [0, 0.1) is 0 Å². The van der Waals surface area contributed by atoms with Gasteiger partial charge in [0.05, 0.1) is 27.1 Å². The molecule has 0 fully saturated rings. The van der Waals surface area contributed by atoms with Gasteiger partial charge in [0, 0.05) is 0 Å². The third-order valence-electron chi connectivity index (χ3n) is 1.56. The number of carbonyl (C=O) groups is 1. The van der Waals surface area contributed by atoms with E-state index in [2.05, 4.69) is 5.32 Å². The summed E-state index contributed by atoms with van der Waals surface area (Å²) in [7, 11) is 0. The molecule has 1 rings (SSSR count). The molecule has 0 saturated carbocycles. The molecule has 3 nitrogen and oxygen atoms in total. The Morgan fingerprint density at radius 1 is 1.47 bits per heavy atom. The second-order valence-electron chi connectivity index (χ2n) is 2.79. The maximum atomic E-state index is 10.6. The topological polar surface area (TPSA) is 55.1 Å². The van der Waals surface area contributed by atoms with Crippen molar-refractivity contribution < 1.29 is 4.79 Å². The van der Waals surface area contributed by atoms with Crippen LogP contribution in [-0.2, 0) is 4.79 Å². The van der Waals surface area contributed by atoms with Crippen molar-refractivity contribution in [2.24, 2.45) is 5.73 Å². The monoisotopic (exact) mass is 262 g/mol. The molecule has 0 spiro atoms. The van der Waals surface area contributed by atoms with E-state index >= 15 is 0 Å². The Bertz CT molecular complexity index is 409. The fourth-order valence-electron chi connectivity index (χ4n) is 0.953. The van der Waals surface area contributed by atoms with Gasteiger partial charge < -0.3 is 11.1 Å². The van der Waals surface area contributed by atoms with E-state index in [1.165, 1.54) is 0 Å². The first-order chi connectivity index (χ1) is 7.00. The minimum absolute atomic E-state index is 0.0157. The van der Waals surface area contributed by atoms with Gasteiger partial charge in [-0.25, -0.2) is 0 Å². The Morgan fingerprint density at radius 3 is 2.73 bits per heavy atom. The molecule has 0 radical (unpaired) electrons. The zero-order chi connectivity index (χ0) is 11.4. The number of carbonyl (C=O) groups excluding carboxylic acids is 1. The van der Waals surface area contributed by atoms with Gasteiger partial charge in [-0.15, -0.1) is 0 Å². The first-order valence-corrected chi connectivity index (χ1v) is 5.19. The Balaban J connectivity index is 2.77. The minimum Gasteiger partial charge on any atom is -0.369 e. The number of thiocarbonyl (C=S) groups is 1. The fourth-order valence-corrected chi connectivity index (χ4v) is 1.55. The van der Waals surface area contributed by atoms with Crippen LogP contribution in [0.25, 0.3) is 0 Å². The number of amides is 1. The largest absolute Gasteiger partial charge is 0.369 e. The van der Waals surface area contributed by atoms with E-state index in [0.717, 1.165) is 0 Å². The number of rotatable bonds is 3. The number of anilines is 1. The summed E-state index contributed by atoms with van der Waals surface area (Å²) < 4.78 is 0. The van der Waals surface area contributed by atoms with Gasteiger partial charge >= 0.3 is 0 Å². The van der Waals surface area contributed by atoms with Crippen LogP contribution in [0.3, 0.4) is 0 Å². The van der Waals surface area contributed by atoms with Crippen LogP contribution in [0.2, 0.25) is 10.0 Å². The van der Waals surface area contributed by atoms with Gasteiger partial charge in [0.1, 0.15) is 0 Å². The maximum absolute atomic E-state index is 10.6. The van der Waals surface area contributed by atoms with E-state index in [4.69, 9.17) is 41.2 Å². The van der Waals surface area contributed by atoms with Crippen molar-refractivity contribution in [1.29, 1.82) is 0 Å². The summed E-state index contributed by atoms with van der Waals surface area (Å²) in [4.78, 5) is 10.9. The molecule has 15 heavy (non-hydrogen) atoms. The molecule has 1 amide bonds. The number of primary amides is 1. The molecule has 0 aliphatic carbocycles. The summed E-state index contributed by atoms with van der Waals surface area (Å²) in [6.45, 7) is 0. The first-order valence-electron chi connectivity index (χ1n) is 4.03. The van der Waals surface area contributed by atoms with Crippen molar-refractivity contribution in [3.63, 3.8) is 0 Å². The highest BCUT2D eigenvalue weighted by Crippen LogP contribution is 2.29. The van der Waals surface area contributed by atoms with Crippen molar-refractivity contribution in [3.05, 3.63) is 28.2 Å². The van der Waals surface area contributed by atoms with E-state index in [1.54, 1.807) is 18.2 Å². The standard InChI is InChI=1S/C9H8Cl2N2OS/c10-5-2-1-3-6(9(5)11)13-8(15)4-7(12)14/h1-3H,4H2,(H2,12,14)(H,13,15). The van der Waals surface area contributed by atoms with Gasteiger partial charge in [0.2, 0.25) is 5.91 Å². The summed E-state index contributed by atoms with van der Waals surface area (Å²) in [6, 6.07) is 5.09. The second kappa shape index (κ2) is 5.30. The third kappa shape index (κ3) is 3.66. The Hall–Kier alpha value is -0.840. The summed E-state index contributed by atoms with van der Waals surface area (Å²) >= 11 is 16.6. The Morgan fingerprint density at radius 2 is 2.13 bits per heavy atom. The van der Waals surface area contributed by atoms with Crippen LogP contribution >= 0.6 is 35.4 Å². The highest BCUT2D eigenvalue weighted by atomic mass is 35.5. The van der Waals surface area contributed by atoms with Gasteiger partial charge in [-0.05, 0) is 12.1 Å². The van der Waals surface area contributed by atoms with E-state index in [0.29, 0.717) is 20.7 Å².